The van der Waals surface area contributed by atoms with Gasteiger partial charge in [-0.05, 0) is 72.9 Å². The van der Waals surface area contributed by atoms with Crippen LogP contribution in [0.2, 0.25) is 5.02 Å². The van der Waals surface area contributed by atoms with Crippen LogP contribution in [0.25, 0.3) is 16.6 Å². The zero-order valence-electron chi connectivity index (χ0n) is 24.2. The van der Waals surface area contributed by atoms with Crippen LogP contribution in [0.4, 0.5) is 13.2 Å². The lowest BCUT2D eigenvalue weighted by molar-refractivity contribution is -0.274. The molecule has 0 aliphatic rings. The number of hydrogen-bond acceptors (Lipinski definition) is 4. The highest BCUT2D eigenvalue weighted by atomic mass is 35.5. The third-order valence-corrected chi connectivity index (χ3v) is 6.33. The number of halogens is 4. The fourth-order valence-electron chi connectivity index (χ4n) is 4.13. The first-order valence-corrected chi connectivity index (χ1v) is 14.1. The predicted molar refractivity (Wildman–Crippen MR) is 161 cm³/mol. The monoisotopic (exact) mass is 598 g/mol. The number of nitrogens with zero attached hydrogens (tertiary/aromatic N) is 3. The van der Waals surface area contributed by atoms with Gasteiger partial charge in [0.25, 0.3) is 5.91 Å². The van der Waals surface area contributed by atoms with Gasteiger partial charge in [0.15, 0.2) is 0 Å². The molecule has 0 spiro atoms. The van der Waals surface area contributed by atoms with E-state index in [-0.39, 0.29) is 11.7 Å². The fourth-order valence-corrected chi connectivity index (χ4v) is 4.29. The topological polar surface area (TPSA) is 68.5 Å². The van der Waals surface area contributed by atoms with Crippen LogP contribution in [0.5, 0.6) is 5.75 Å². The van der Waals surface area contributed by atoms with E-state index >= 15 is 0 Å². The number of nitrogens with one attached hydrogen (secondary N) is 1. The number of amides is 1. The highest BCUT2D eigenvalue weighted by Crippen LogP contribution is 2.23. The molecule has 10 heteroatoms. The van der Waals surface area contributed by atoms with E-state index < -0.39 is 6.36 Å². The summed E-state index contributed by atoms with van der Waals surface area (Å²) in [6.07, 6.45) is 0.432. The molecule has 1 N–H and O–H groups in total. The average Bonchev–Trinajstić information content (AvgIpc) is 3.34. The van der Waals surface area contributed by atoms with E-state index in [9.17, 15) is 18.0 Å². The number of alkyl halides is 3. The summed E-state index contributed by atoms with van der Waals surface area (Å²) < 4.78 is 40.6. The first-order valence-electron chi connectivity index (χ1n) is 13.7. The Morgan fingerprint density at radius 1 is 0.976 bits per heavy atom. The standard InChI is InChI=1S/C21H19ClN4O.C9H9F3O.C2H6/c1-3-17-20(26-12-16(22)6-7-19(26)25-17)21(27)24-11-14-4-5-15-8-13(2)10-23-18(15)9-14;1-2-7-3-5-8(6-4-7)13-9(10,11)12;1-2/h4-10,12H,3,11H2,1-2H3,(H,24,27);3-6H,2H2,1H3;1-2H3. The van der Waals surface area contributed by atoms with E-state index in [1.54, 1.807) is 28.8 Å². The van der Waals surface area contributed by atoms with Gasteiger partial charge in [-0.15, -0.1) is 13.2 Å². The molecule has 5 rings (SSSR count). The number of aromatic nitrogens is 3. The van der Waals surface area contributed by atoms with Crippen molar-refractivity contribution in [2.45, 2.75) is 60.4 Å². The summed E-state index contributed by atoms with van der Waals surface area (Å²) in [5.41, 5.74) is 6.03. The summed E-state index contributed by atoms with van der Waals surface area (Å²) in [5, 5.41) is 4.65. The van der Waals surface area contributed by atoms with E-state index in [0.717, 1.165) is 39.7 Å². The molecule has 0 bridgehead atoms. The van der Waals surface area contributed by atoms with Gasteiger partial charge >= 0.3 is 6.36 Å². The second kappa shape index (κ2) is 14.7. The molecule has 0 fully saturated rings. The van der Waals surface area contributed by atoms with Crippen LogP contribution in [0, 0.1) is 6.92 Å². The van der Waals surface area contributed by atoms with Crippen molar-refractivity contribution in [1.82, 2.24) is 19.7 Å². The van der Waals surface area contributed by atoms with Crippen LogP contribution in [0.1, 0.15) is 60.6 Å². The summed E-state index contributed by atoms with van der Waals surface area (Å²) >= 11 is 6.10. The highest BCUT2D eigenvalue weighted by molar-refractivity contribution is 6.30. The van der Waals surface area contributed by atoms with Crippen LogP contribution < -0.4 is 10.1 Å². The summed E-state index contributed by atoms with van der Waals surface area (Å²) in [6, 6.07) is 17.6. The number of benzene rings is 2. The lowest BCUT2D eigenvalue weighted by atomic mass is 10.1. The van der Waals surface area contributed by atoms with Crippen molar-refractivity contribution in [3.8, 4) is 5.75 Å². The van der Waals surface area contributed by atoms with Gasteiger partial charge in [-0.25, -0.2) is 4.98 Å². The Hall–Kier alpha value is -4.11. The Kier molecular flexibility index (Phi) is 11.3. The van der Waals surface area contributed by atoms with Crippen molar-refractivity contribution in [2.75, 3.05) is 0 Å². The highest BCUT2D eigenvalue weighted by Gasteiger charge is 2.30. The SMILES string of the molecule is CC.CCc1ccc(OC(F)(F)F)cc1.CCc1nc2ccc(Cl)cn2c1C(=O)NCc1ccc2cc(C)cnc2c1. The van der Waals surface area contributed by atoms with E-state index in [2.05, 4.69) is 26.1 Å². The lowest BCUT2D eigenvalue weighted by Crippen LogP contribution is -2.25. The first-order chi connectivity index (χ1) is 20.1. The minimum Gasteiger partial charge on any atom is -0.406 e. The molecule has 1 amide bonds. The number of rotatable bonds is 6. The van der Waals surface area contributed by atoms with Gasteiger partial charge in [0.05, 0.1) is 16.2 Å². The minimum atomic E-state index is -4.60. The Morgan fingerprint density at radius 2 is 1.67 bits per heavy atom. The molecule has 0 saturated heterocycles. The molecule has 3 aromatic heterocycles. The van der Waals surface area contributed by atoms with E-state index in [0.29, 0.717) is 29.3 Å². The Bertz CT molecular complexity index is 1630. The Morgan fingerprint density at radius 3 is 2.31 bits per heavy atom. The normalized spacial score (nSPS) is 10.9. The number of pyridine rings is 2. The maximum absolute atomic E-state index is 12.9. The fraction of sp³-hybridized carbons (Fsp3) is 0.281. The van der Waals surface area contributed by atoms with Gasteiger partial charge in [-0.1, -0.05) is 63.6 Å². The largest absolute Gasteiger partial charge is 0.573 e. The second-order valence-corrected chi connectivity index (χ2v) is 9.54. The smallest absolute Gasteiger partial charge is 0.406 e. The maximum atomic E-state index is 12.9. The number of ether oxygens (including phenoxy) is 1. The lowest BCUT2D eigenvalue weighted by Gasteiger charge is -2.08. The van der Waals surface area contributed by atoms with Gasteiger partial charge < -0.3 is 10.1 Å². The molecule has 0 atom stereocenters. The van der Waals surface area contributed by atoms with Crippen LogP contribution >= 0.6 is 11.6 Å². The number of fused-ring (bicyclic) bond motifs is 2. The molecule has 3 heterocycles. The first kappa shape index (κ1) is 32.4. The molecule has 0 unspecified atom stereocenters. The van der Waals surface area contributed by atoms with Gasteiger partial charge in [0, 0.05) is 24.3 Å². The summed E-state index contributed by atoms with van der Waals surface area (Å²) in [6.45, 7) is 10.4. The van der Waals surface area contributed by atoms with Crippen LogP contribution in [-0.2, 0) is 19.4 Å². The van der Waals surface area contributed by atoms with E-state index in [1.807, 2.05) is 65.1 Å². The molecule has 5 aromatic rings. The molecule has 2 aromatic carbocycles. The van der Waals surface area contributed by atoms with Crippen LogP contribution in [0.15, 0.2) is 73.1 Å². The zero-order chi connectivity index (χ0) is 30.9. The third kappa shape index (κ3) is 8.69. The van der Waals surface area contributed by atoms with Crippen molar-refractivity contribution in [3.63, 3.8) is 0 Å². The van der Waals surface area contributed by atoms with Crippen molar-refractivity contribution in [2.24, 2.45) is 0 Å². The Balaban J connectivity index is 0.000000272. The van der Waals surface area contributed by atoms with Crippen LogP contribution in [0.3, 0.4) is 0 Å². The number of carbonyl (C=O) groups is 1. The molecule has 0 aliphatic heterocycles. The van der Waals surface area contributed by atoms with Gasteiger partial charge in [-0.3, -0.25) is 14.2 Å². The molecular formula is C32H34ClF3N4O2. The van der Waals surface area contributed by atoms with Crippen molar-refractivity contribution in [1.29, 1.82) is 0 Å². The predicted octanol–water partition coefficient (Wildman–Crippen LogP) is 8.51. The molecule has 42 heavy (non-hydrogen) atoms. The summed E-state index contributed by atoms with van der Waals surface area (Å²) in [5.74, 6) is -0.344. The average molecular weight is 599 g/mol. The molecule has 0 aliphatic carbocycles. The summed E-state index contributed by atoms with van der Waals surface area (Å²) in [4.78, 5) is 21.8. The number of hydrogen-bond donors (Lipinski definition) is 1. The number of aryl methyl sites for hydroxylation is 3. The van der Waals surface area contributed by atoms with Crippen molar-refractivity contribution in [3.05, 3.63) is 106 Å². The van der Waals surface area contributed by atoms with Gasteiger partial charge in [0.2, 0.25) is 0 Å². The minimum absolute atomic E-state index is 0.168. The molecule has 0 radical (unpaired) electrons. The quantitative estimate of drug-likeness (QED) is 0.213. The van der Waals surface area contributed by atoms with E-state index in [1.165, 1.54) is 12.1 Å². The van der Waals surface area contributed by atoms with Crippen molar-refractivity contribution < 1.29 is 22.7 Å². The number of carbonyl (C=O) groups excluding carboxylic acids is 1. The van der Waals surface area contributed by atoms with Crippen molar-refractivity contribution >= 4 is 34.1 Å². The zero-order valence-corrected chi connectivity index (χ0v) is 25.0. The molecule has 6 nitrogen and oxygen atoms in total. The molecule has 222 valence electrons. The van der Waals surface area contributed by atoms with Gasteiger partial charge in [0.1, 0.15) is 17.1 Å². The molecule has 0 saturated carbocycles. The maximum Gasteiger partial charge on any atom is 0.573 e. The third-order valence-electron chi connectivity index (χ3n) is 6.11. The second-order valence-electron chi connectivity index (χ2n) is 9.10. The molecular weight excluding hydrogens is 565 g/mol. The Labute approximate surface area is 248 Å². The van der Waals surface area contributed by atoms with Gasteiger partial charge in [-0.2, -0.15) is 0 Å². The summed E-state index contributed by atoms with van der Waals surface area (Å²) in [7, 11) is 0. The van der Waals surface area contributed by atoms with Crippen LogP contribution in [-0.4, -0.2) is 26.6 Å². The number of imidazole rings is 1. The van der Waals surface area contributed by atoms with E-state index in [4.69, 9.17) is 11.6 Å².